The van der Waals surface area contributed by atoms with Gasteiger partial charge in [0.15, 0.2) is 0 Å². The highest BCUT2D eigenvalue weighted by Crippen LogP contribution is 2.20. The highest BCUT2D eigenvalue weighted by Gasteiger charge is 2.08. The van der Waals surface area contributed by atoms with Crippen LogP contribution in [0.25, 0.3) is 10.9 Å². The van der Waals surface area contributed by atoms with Crippen LogP contribution in [0.5, 0.6) is 5.75 Å². The van der Waals surface area contributed by atoms with Gasteiger partial charge in [0.2, 0.25) is 0 Å². The van der Waals surface area contributed by atoms with Crippen LogP contribution in [0.4, 0.5) is 5.69 Å². The molecule has 1 N–H and O–H groups in total. The molecule has 1 heterocycles. The van der Waals surface area contributed by atoms with Crippen molar-refractivity contribution in [1.29, 1.82) is 0 Å². The topological polar surface area (TPSA) is 51.2 Å². The fourth-order valence-corrected chi connectivity index (χ4v) is 2.54. The van der Waals surface area contributed by atoms with E-state index in [2.05, 4.69) is 10.3 Å². The first-order chi connectivity index (χ1) is 12.5. The number of nitrogens with one attached hydrogen (secondary N) is 1. The van der Waals surface area contributed by atoms with Crippen LogP contribution in [-0.4, -0.2) is 17.5 Å². The number of anilines is 1. The van der Waals surface area contributed by atoms with E-state index in [4.69, 9.17) is 4.74 Å². The normalized spacial score (nSPS) is 10.4. The minimum Gasteiger partial charge on any atom is -0.489 e. The SMILES string of the molecule is CC(C)=CCOc1cccc(NC(=O)c2ccc3nc(C)ccc3c2)c1. The third-order valence-corrected chi connectivity index (χ3v) is 3.92. The standard InChI is InChI=1S/C22H22N2O2/c1-15(2)11-12-26-20-6-4-5-19(14-20)24-22(25)18-9-10-21-17(13-18)8-7-16(3)23-21/h4-11,13-14H,12H2,1-3H3,(H,24,25). The molecule has 0 radical (unpaired) electrons. The Bertz CT molecular complexity index is 973. The lowest BCUT2D eigenvalue weighted by molar-refractivity contribution is 0.102. The molecule has 0 aliphatic rings. The van der Waals surface area contributed by atoms with Crippen LogP contribution in [-0.2, 0) is 0 Å². The van der Waals surface area contributed by atoms with Crippen LogP contribution < -0.4 is 10.1 Å². The van der Waals surface area contributed by atoms with Gasteiger partial charge in [0, 0.05) is 28.4 Å². The van der Waals surface area contributed by atoms with Gasteiger partial charge >= 0.3 is 0 Å². The number of amides is 1. The minimum absolute atomic E-state index is 0.158. The Hall–Kier alpha value is -3.14. The lowest BCUT2D eigenvalue weighted by Crippen LogP contribution is -2.12. The number of allylic oxidation sites excluding steroid dienone is 1. The number of benzene rings is 2. The number of hydrogen-bond donors (Lipinski definition) is 1. The Labute approximate surface area is 153 Å². The summed E-state index contributed by atoms with van der Waals surface area (Å²) in [4.78, 5) is 17.0. The van der Waals surface area contributed by atoms with Crippen LogP contribution in [0.1, 0.15) is 29.9 Å². The summed E-state index contributed by atoms with van der Waals surface area (Å²) in [6, 6.07) is 16.8. The first kappa shape index (κ1) is 17.7. The molecule has 1 aromatic heterocycles. The molecule has 0 atom stereocenters. The molecule has 26 heavy (non-hydrogen) atoms. The quantitative estimate of drug-likeness (QED) is 0.651. The average Bonchev–Trinajstić information content (AvgIpc) is 2.61. The number of fused-ring (bicyclic) bond motifs is 1. The van der Waals surface area contributed by atoms with Crippen LogP contribution >= 0.6 is 0 Å². The number of rotatable bonds is 5. The molecule has 0 spiro atoms. The molecule has 0 aliphatic heterocycles. The molecular weight excluding hydrogens is 324 g/mol. The van der Waals surface area contributed by atoms with E-state index in [9.17, 15) is 4.79 Å². The number of carbonyl (C=O) groups excluding carboxylic acids is 1. The molecular formula is C22H22N2O2. The van der Waals surface area contributed by atoms with Crippen molar-refractivity contribution < 1.29 is 9.53 Å². The molecule has 0 bridgehead atoms. The number of aromatic nitrogens is 1. The van der Waals surface area contributed by atoms with Gasteiger partial charge in [0.1, 0.15) is 12.4 Å². The van der Waals surface area contributed by atoms with Crippen molar-refractivity contribution >= 4 is 22.5 Å². The van der Waals surface area contributed by atoms with Gasteiger partial charge in [0.05, 0.1) is 5.52 Å². The lowest BCUT2D eigenvalue weighted by Gasteiger charge is -2.09. The molecule has 0 fully saturated rings. The van der Waals surface area contributed by atoms with Crippen molar-refractivity contribution in [2.45, 2.75) is 20.8 Å². The first-order valence-electron chi connectivity index (χ1n) is 8.56. The maximum absolute atomic E-state index is 12.6. The zero-order valence-electron chi connectivity index (χ0n) is 15.2. The number of carbonyl (C=O) groups is 1. The Balaban J connectivity index is 1.73. The second-order valence-electron chi connectivity index (χ2n) is 6.43. The van der Waals surface area contributed by atoms with E-state index in [-0.39, 0.29) is 5.91 Å². The molecule has 2 aromatic carbocycles. The van der Waals surface area contributed by atoms with E-state index in [1.807, 2.05) is 75.4 Å². The predicted molar refractivity (Wildman–Crippen MR) is 106 cm³/mol. The summed E-state index contributed by atoms with van der Waals surface area (Å²) in [5.41, 5.74) is 4.34. The maximum atomic E-state index is 12.6. The third-order valence-electron chi connectivity index (χ3n) is 3.92. The van der Waals surface area contributed by atoms with Gasteiger partial charge in [-0.15, -0.1) is 0 Å². The molecule has 3 rings (SSSR count). The fraction of sp³-hybridized carbons (Fsp3) is 0.182. The number of pyridine rings is 1. The summed E-state index contributed by atoms with van der Waals surface area (Å²) in [6.45, 7) is 6.52. The maximum Gasteiger partial charge on any atom is 0.255 e. The zero-order chi connectivity index (χ0) is 18.5. The summed E-state index contributed by atoms with van der Waals surface area (Å²) in [7, 11) is 0. The molecule has 4 heteroatoms. The highest BCUT2D eigenvalue weighted by molar-refractivity contribution is 6.06. The molecule has 1 amide bonds. The molecule has 4 nitrogen and oxygen atoms in total. The second-order valence-corrected chi connectivity index (χ2v) is 6.43. The lowest BCUT2D eigenvalue weighted by atomic mass is 10.1. The van der Waals surface area contributed by atoms with Gasteiger partial charge in [-0.05, 0) is 63.2 Å². The number of ether oxygens (including phenoxy) is 1. The van der Waals surface area contributed by atoms with E-state index in [0.29, 0.717) is 17.9 Å². The van der Waals surface area contributed by atoms with Gasteiger partial charge in [-0.2, -0.15) is 0 Å². The molecule has 3 aromatic rings. The van der Waals surface area contributed by atoms with E-state index in [0.717, 1.165) is 22.3 Å². The minimum atomic E-state index is -0.158. The van der Waals surface area contributed by atoms with Crippen LogP contribution in [0.15, 0.2) is 66.2 Å². The molecule has 0 unspecified atom stereocenters. The van der Waals surface area contributed by atoms with Crippen LogP contribution in [0.2, 0.25) is 0 Å². The number of aryl methyl sites for hydroxylation is 1. The van der Waals surface area contributed by atoms with Crippen molar-refractivity contribution in [3.8, 4) is 5.75 Å². The third kappa shape index (κ3) is 4.48. The summed E-state index contributed by atoms with van der Waals surface area (Å²) in [5.74, 6) is 0.562. The van der Waals surface area contributed by atoms with E-state index in [1.165, 1.54) is 5.57 Å². The molecule has 0 saturated carbocycles. The molecule has 0 aliphatic carbocycles. The van der Waals surface area contributed by atoms with Crippen LogP contribution in [0, 0.1) is 6.92 Å². The van der Waals surface area contributed by atoms with E-state index >= 15 is 0 Å². The van der Waals surface area contributed by atoms with Crippen molar-refractivity contribution in [3.05, 3.63) is 77.5 Å². The Morgan fingerprint density at radius 1 is 1.12 bits per heavy atom. The van der Waals surface area contributed by atoms with Gasteiger partial charge < -0.3 is 10.1 Å². The Morgan fingerprint density at radius 3 is 2.77 bits per heavy atom. The predicted octanol–water partition coefficient (Wildman–Crippen LogP) is 5.14. The summed E-state index contributed by atoms with van der Waals surface area (Å²) in [6.07, 6.45) is 2.01. The molecule has 132 valence electrons. The van der Waals surface area contributed by atoms with Crippen molar-refractivity contribution in [2.75, 3.05) is 11.9 Å². The first-order valence-corrected chi connectivity index (χ1v) is 8.56. The van der Waals surface area contributed by atoms with Gasteiger partial charge in [-0.1, -0.05) is 17.7 Å². The Morgan fingerprint density at radius 2 is 1.96 bits per heavy atom. The second kappa shape index (κ2) is 7.83. The highest BCUT2D eigenvalue weighted by atomic mass is 16.5. The number of hydrogen-bond acceptors (Lipinski definition) is 3. The summed E-state index contributed by atoms with van der Waals surface area (Å²) >= 11 is 0. The van der Waals surface area contributed by atoms with Crippen LogP contribution in [0.3, 0.4) is 0 Å². The van der Waals surface area contributed by atoms with Gasteiger partial charge in [0.25, 0.3) is 5.91 Å². The monoisotopic (exact) mass is 346 g/mol. The molecule has 0 saturated heterocycles. The fourth-order valence-electron chi connectivity index (χ4n) is 2.54. The van der Waals surface area contributed by atoms with E-state index in [1.54, 1.807) is 6.07 Å². The van der Waals surface area contributed by atoms with Crippen molar-refractivity contribution in [2.24, 2.45) is 0 Å². The largest absolute Gasteiger partial charge is 0.489 e. The number of nitrogens with zero attached hydrogens (tertiary/aromatic N) is 1. The smallest absolute Gasteiger partial charge is 0.255 e. The zero-order valence-corrected chi connectivity index (χ0v) is 15.2. The average molecular weight is 346 g/mol. The van der Waals surface area contributed by atoms with Crippen molar-refractivity contribution in [1.82, 2.24) is 4.98 Å². The van der Waals surface area contributed by atoms with Gasteiger partial charge in [-0.3, -0.25) is 9.78 Å². The summed E-state index contributed by atoms with van der Waals surface area (Å²) in [5, 5.41) is 3.87. The summed E-state index contributed by atoms with van der Waals surface area (Å²) < 4.78 is 5.68. The van der Waals surface area contributed by atoms with E-state index < -0.39 is 0 Å². The van der Waals surface area contributed by atoms with Gasteiger partial charge in [-0.25, -0.2) is 0 Å². The van der Waals surface area contributed by atoms with Crippen molar-refractivity contribution in [3.63, 3.8) is 0 Å². The Kier molecular flexibility index (Phi) is 5.32.